The monoisotopic (exact) mass is 218 g/mol. The SMILES string of the molecule is CN1CCc2cccc(C(=O)CCN)c2C1. The normalized spacial score (nSPS) is 15.9. The lowest BCUT2D eigenvalue weighted by Gasteiger charge is -2.26. The summed E-state index contributed by atoms with van der Waals surface area (Å²) in [7, 11) is 2.09. The zero-order valence-corrected chi connectivity index (χ0v) is 9.70. The van der Waals surface area contributed by atoms with Crippen LogP contribution in [0.25, 0.3) is 0 Å². The van der Waals surface area contributed by atoms with E-state index in [9.17, 15) is 4.79 Å². The van der Waals surface area contributed by atoms with Crippen LogP contribution in [0.15, 0.2) is 18.2 Å². The largest absolute Gasteiger partial charge is 0.330 e. The van der Waals surface area contributed by atoms with Gasteiger partial charge in [-0.3, -0.25) is 4.79 Å². The molecule has 0 saturated heterocycles. The summed E-state index contributed by atoms with van der Waals surface area (Å²) in [6.45, 7) is 2.38. The third-order valence-electron chi connectivity index (χ3n) is 3.14. The number of hydrogen-bond acceptors (Lipinski definition) is 3. The van der Waals surface area contributed by atoms with Gasteiger partial charge in [0.15, 0.2) is 5.78 Å². The van der Waals surface area contributed by atoms with Crippen molar-refractivity contribution in [3.63, 3.8) is 0 Å². The van der Waals surface area contributed by atoms with Gasteiger partial charge < -0.3 is 10.6 Å². The van der Waals surface area contributed by atoms with Crippen LogP contribution in [0.2, 0.25) is 0 Å². The molecule has 2 N–H and O–H groups in total. The van der Waals surface area contributed by atoms with Crippen LogP contribution in [0.4, 0.5) is 0 Å². The number of Topliss-reactive ketones (excluding diaryl/α,β-unsaturated/α-hetero) is 1. The molecular weight excluding hydrogens is 200 g/mol. The summed E-state index contributed by atoms with van der Waals surface area (Å²) < 4.78 is 0. The first-order chi connectivity index (χ1) is 7.72. The minimum atomic E-state index is 0.176. The van der Waals surface area contributed by atoms with Gasteiger partial charge in [0, 0.05) is 25.1 Å². The van der Waals surface area contributed by atoms with Crippen molar-refractivity contribution in [2.45, 2.75) is 19.4 Å². The molecule has 3 heteroatoms. The molecule has 1 aromatic rings. The molecule has 1 aliphatic rings. The highest BCUT2D eigenvalue weighted by Gasteiger charge is 2.19. The summed E-state index contributed by atoms with van der Waals surface area (Å²) in [6, 6.07) is 6.03. The lowest BCUT2D eigenvalue weighted by Crippen LogP contribution is -2.28. The topological polar surface area (TPSA) is 46.3 Å². The van der Waals surface area contributed by atoms with Crippen molar-refractivity contribution < 1.29 is 4.79 Å². The molecule has 0 spiro atoms. The fraction of sp³-hybridized carbons (Fsp3) is 0.462. The maximum Gasteiger partial charge on any atom is 0.164 e. The molecule has 16 heavy (non-hydrogen) atoms. The first kappa shape index (κ1) is 11.3. The summed E-state index contributed by atoms with van der Waals surface area (Å²) in [6.07, 6.45) is 1.48. The van der Waals surface area contributed by atoms with E-state index >= 15 is 0 Å². The first-order valence-electron chi connectivity index (χ1n) is 5.75. The number of ketones is 1. The highest BCUT2D eigenvalue weighted by Crippen LogP contribution is 2.22. The summed E-state index contributed by atoms with van der Waals surface area (Å²) in [5.74, 6) is 0.176. The predicted molar refractivity (Wildman–Crippen MR) is 64.5 cm³/mol. The molecule has 0 saturated carbocycles. The summed E-state index contributed by atoms with van der Waals surface area (Å²) >= 11 is 0. The molecule has 1 aliphatic heterocycles. The lowest BCUT2D eigenvalue weighted by molar-refractivity contribution is 0.0983. The molecule has 0 aromatic heterocycles. The van der Waals surface area contributed by atoms with Gasteiger partial charge in [-0.2, -0.15) is 0 Å². The van der Waals surface area contributed by atoms with Crippen molar-refractivity contribution in [2.24, 2.45) is 5.73 Å². The van der Waals surface area contributed by atoms with Crippen LogP contribution < -0.4 is 5.73 Å². The van der Waals surface area contributed by atoms with E-state index in [1.165, 1.54) is 11.1 Å². The Morgan fingerprint density at radius 3 is 3.06 bits per heavy atom. The second-order valence-electron chi connectivity index (χ2n) is 4.39. The van der Waals surface area contributed by atoms with Gasteiger partial charge in [-0.05, 0) is 31.1 Å². The van der Waals surface area contributed by atoms with Gasteiger partial charge in [-0.1, -0.05) is 18.2 Å². The fourth-order valence-corrected chi connectivity index (χ4v) is 2.24. The molecule has 0 bridgehead atoms. The third-order valence-corrected chi connectivity index (χ3v) is 3.14. The quantitative estimate of drug-likeness (QED) is 0.776. The fourth-order valence-electron chi connectivity index (χ4n) is 2.24. The Morgan fingerprint density at radius 2 is 2.31 bits per heavy atom. The molecule has 0 aliphatic carbocycles. The minimum absolute atomic E-state index is 0.176. The van der Waals surface area contributed by atoms with Crippen LogP contribution in [0.3, 0.4) is 0 Å². The standard InChI is InChI=1S/C13H18N2O/c1-15-8-6-10-3-2-4-11(12(10)9-15)13(16)5-7-14/h2-4H,5-9,14H2,1H3. The van der Waals surface area contributed by atoms with E-state index in [0.29, 0.717) is 13.0 Å². The van der Waals surface area contributed by atoms with Crippen molar-refractivity contribution in [3.8, 4) is 0 Å². The summed E-state index contributed by atoms with van der Waals surface area (Å²) in [4.78, 5) is 14.2. The van der Waals surface area contributed by atoms with Crippen molar-refractivity contribution in [1.82, 2.24) is 4.90 Å². The second kappa shape index (κ2) is 4.76. The number of fused-ring (bicyclic) bond motifs is 1. The first-order valence-corrected chi connectivity index (χ1v) is 5.75. The number of carbonyl (C=O) groups is 1. The van der Waals surface area contributed by atoms with E-state index in [-0.39, 0.29) is 5.78 Å². The average Bonchev–Trinajstić information content (AvgIpc) is 2.28. The van der Waals surface area contributed by atoms with Crippen molar-refractivity contribution >= 4 is 5.78 Å². The van der Waals surface area contributed by atoms with E-state index in [0.717, 1.165) is 25.1 Å². The van der Waals surface area contributed by atoms with Gasteiger partial charge in [0.05, 0.1) is 0 Å². The maximum atomic E-state index is 11.9. The van der Waals surface area contributed by atoms with E-state index in [1.807, 2.05) is 12.1 Å². The number of rotatable bonds is 3. The Balaban J connectivity index is 2.35. The van der Waals surface area contributed by atoms with Crippen LogP contribution in [0.5, 0.6) is 0 Å². The van der Waals surface area contributed by atoms with Crippen LogP contribution in [-0.2, 0) is 13.0 Å². The number of nitrogens with two attached hydrogens (primary N) is 1. The smallest absolute Gasteiger partial charge is 0.164 e. The van der Waals surface area contributed by atoms with E-state index in [2.05, 4.69) is 18.0 Å². The molecule has 1 heterocycles. The number of likely N-dealkylation sites (N-methyl/N-ethyl adjacent to an activating group) is 1. The van der Waals surface area contributed by atoms with Gasteiger partial charge in [0.2, 0.25) is 0 Å². The molecule has 2 rings (SSSR count). The van der Waals surface area contributed by atoms with Crippen LogP contribution in [-0.4, -0.2) is 30.8 Å². The number of carbonyl (C=O) groups excluding carboxylic acids is 1. The average molecular weight is 218 g/mol. The Hall–Kier alpha value is -1.19. The molecule has 3 nitrogen and oxygen atoms in total. The molecule has 1 aromatic carbocycles. The third kappa shape index (κ3) is 2.15. The van der Waals surface area contributed by atoms with Crippen molar-refractivity contribution in [2.75, 3.05) is 20.1 Å². The van der Waals surface area contributed by atoms with Crippen LogP contribution >= 0.6 is 0 Å². The molecule has 0 amide bonds. The van der Waals surface area contributed by atoms with Gasteiger partial charge in [0.1, 0.15) is 0 Å². The Morgan fingerprint density at radius 1 is 1.50 bits per heavy atom. The van der Waals surface area contributed by atoms with Gasteiger partial charge in [0.25, 0.3) is 0 Å². The molecule has 0 fully saturated rings. The highest BCUT2D eigenvalue weighted by molar-refractivity contribution is 5.97. The van der Waals surface area contributed by atoms with Gasteiger partial charge >= 0.3 is 0 Å². The Kier molecular flexibility index (Phi) is 3.36. The maximum absolute atomic E-state index is 11.9. The minimum Gasteiger partial charge on any atom is -0.330 e. The number of benzene rings is 1. The van der Waals surface area contributed by atoms with Crippen LogP contribution in [0.1, 0.15) is 27.9 Å². The van der Waals surface area contributed by atoms with E-state index in [1.54, 1.807) is 0 Å². The molecule has 0 unspecified atom stereocenters. The second-order valence-corrected chi connectivity index (χ2v) is 4.39. The zero-order valence-electron chi connectivity index (χ0n) is 9.70. The molecular formula is C13H18N2O. The Bertz CT molecular complexity index is 401. The van der Waals surface area contributed by atoms with Gasteiger partial charge in [-0.15, -0.1) is 0 Å². The zero-order chi connectivity index (χ0) is 11.5. The van der Waals surface area contributed by atoms with Crippen LogP contribution in [0, 0.1) is 0 Å². The van der Waals surface area contributed by atoms with E-state index < -0.39 is 0 Å². The van der Waals surface area contributed by atoms with E-state index in [4.69, 9.17) is 5.73 Å². The highest BCUT2D eigenvalue weighted by atomic mass is 16.1. The lowest BCUT2D eigenvalue weighted by atomic mass is 9.92. The van der Waals surface area contributed by atoms with Crippen molar-refractivity contribution in [3.05, 3.63) is 34.9 Å². The molecule has 0 radical (unpaired) electrons. The number of nitrogens with zero attached hydrogens (tertiary/aromatic N) is 1. The summed E-state index contributed by atoms with van der Waals surface area (Å²) in [5.41, 5.74) is 8.83. The summed E-state index contributed by atoms with van der Waals surface area (Å²) in [5, 5.41) is 0. The number of hydrogen-bond donors (Lipinski definition) is 1. The van der Waals surface area contributed by atoms with Crippen molar-refractivity contribution in [1.29, 1.82) is 0 Å². The molecule has 86 valence electrons. The van der Waals surface area contributed by atoms with Gasteiger partial charge in [-0.25, -0.2) is 0 Å². The Labute approximate surface area is 96.2 Å². The predicted octanol–water partition coefficient (Wildman–Crippen LogP) is 1.21. The molecule has 0 atom stereocenters.